The lowest BCUT2D eigenvalue weighted by Gasteiger charge is -2.09. The molecule has 0 saturated heterocycles. The molecule has 3 aromatic rings. The second kappa shape index (κ2) is 6.39. The van der Waals surface area contributed by atoms with Gasteiger partial charge in [0.1, 0.15) is 11.6 Å². The zero-order chi connectivity index (χ0) is 15.4. The molecular formula is C19H19N3. The lowest BCUT2D eigenvalue weighted by molar-refractivity contribution is 1.06. The SMILES string of the molecule is CCc1ccc(Nc2cc(-c3ccccc3)nc(C)n2)cc1. The van der Waals surface area contributed by atoms with Gasteiger partial charge in [-0.3, -0.25) is 0 Å². The van der Waals surface area contributed by atoms with Crippen molar-refractivity contribution >= 4 is 11.5 Å². The number of anilines is 2. The summed E-state index contributed by atoms with van der Waals surface area (Å²) in [6.07, 6.45) is 1.05. The molecule has 0 saturated carbocycles. The smallest absolute Gasteiger partial charge is 0.134 e. The Hall–Kier alpha value is -2.68. The first-order chi connectivity index (χ1) is 10.7. The van der Waals surface area contributed by atoms with E-state index >= 15 is 0 Å². The van der Waals surface area contributed by atoms with Gasteiger partial charge >= 0.3 is 0 Å². The monoisotopic (exact) mass is 289 g/mol. The lowest BCUT2D eigenvalue weighted by Crippen LogP contribution is -1.99. The molecule has 0 spiro atoms. The van der Waals surface area contributed by atoms with Crippen LogP contribution in [0.5, 0.6) is 0 Å². The van der Waals surface area contributed by atoms with Crippen molar-refractivity contribution in [3.8, 4) is 11.3 Å². The number of hydrogen-bond acceptors (Lipinski definition) is 3. The molecular weight excluding hydrogens is 270 g/mol. The van der Waals surface area contributed by atoms with E-state index in [0.717, 1.165) is 35.0 Å². The van der Waals surface area contributed by atoms with Crippen LogP contribution in [0, 0.1) is 6.92 Å². The largest absolute Gasteiger partial charge is 0.340 e. The van der Waals surface area contributed by atoms with E-state index in [2.05, 4.69) is 58.6 Å². The molecule has 0 atom stereocenters. The normalized spacial score (nSPS) is 10.5. The van der Waals surface area contributed by atoms with Gasteiger partial charge in [-0.25, -0.2) is 9.97 Å². The van der Waals surface area contributed by atoms with Crippen LogP contribution in [-0.2, 0) is 6.42 Å². The summed E-state index contributed by atoms with van der Waals surface area (Å²) in [4.78, 5) is 9.00. The Morgan fingerprint density at radius 3 is 2.32 bits per heavy atom. The minimum atomic E-state index is 0.758. The molecule has 3 heteroatoms. The summed E-state index contributed by atoms with van der Waals surface area (Å²) in [5.41, 5.74) is 4.39. The molecule has 0 aliphatic rings. The van der Waals surface area contributed by atoms with Crippen molar-refractivity contribution in [1.82, 2.24) is 9.97 Å². The van der Waals surface area contributed by atoms with Gasteiger partial charge in [0.25, 0.3) is 0 Å². The number of aryl methyl sites for hydroxylation is 2. The van der Waals surface area contributed by atoms with Crippen molar-refractivity contribution in [3.05, 3.63) is 72.1 Å². The zero-order valence-corrected chi connectivity index (χ0v) is 12.9. The second-order valence-corrected chi connectivity index (χ2v) is 5.23. The summed E-state index contributed by atoms with van der Waals surface area (Å²) < 4.78 is 0. The first-order valence-electron chi connectivity index (χ1n) is 7.51. The quantitative estimate of drug-likeness (QED) is 0.752. The van der Waals surface area contributed by atoms with Crippen molar-refractivity contribution in [2.24, 2.45) is 0 Å². The average Bonchev–Trinajstić information content (AvgIpc) is 2.56. The number of nitrogens with zero attached hydrogens (tertiary/aromatic N) is 2. The van der Waals surface area contributed by atoms with Crippen molar-refractivity contribution in [2.45, 2.75) is 20.3 Å². The molecule has 0 aliphatic carbocycles. The third-order valence-corrected chi connectivity index (χ3v) is 3.54. The number of aromatic nitrogens is 2. The van der Waals surface area contributed by atoms with Crippen molar-refractivity contribution in [3.63, 3.8) is 0 Å². The van der Waals surface area contributed by atoms with E-state index in [1.807, 2.05) is 31.2 Å². The first-order valence-corrected chi connectivity index (χ1v) is 7.51. The first kappa shape index (κ1) is 14.3. The fourth-order valence-corrected chi connectivity index (χ4v) is 2.36. The molecule has 1 aromatic heterocycles. The van der Waals surface area contributed by atoms with E-state index in [0.29, 0.717) is 0 Å². The molecule has 0 bridgehead atoms. The Balaban J connectivity index is 1.89. The highest BCUT2D eigenvalue weighted by Crippen LogP contribution is 2.22. The standard InChI is InChI=1S/C19H19N3/c1-3-15-9-11-17(12-10-15)22-19-13-18(20-14(2)21-19)16-7-5-4-6-8-16/h4-13H,3H2,1-2H3,(H,20,21,22). The Bertz CT molecular complexity index is 749. The molecule has 110 valence electrons. The van der Waals surface area contributed by atoms with Gasteiger partial charge in [0.2, 0.25) is 0 Å². The topological polar surface area (TPSA) is 37.8 Å². The van der Waals surface area contributed by atoms with E-state index in [-0.39, 0.29) is 0 Å². The maximum Gasteiger partial charge on any atom is 0.134 e. The van der Waals surface area contributed by atoms with Crippen LogP contribution in [-0.4, -0.2) is 9.97 Å². The molecule has 0 aliphatic heterocycles. The average molecular weight is 289 g/mol. The van der Waals surface area contributed by atoms with Crippen LogP contribution in [0.4, 0.5) is 11.5 Å². The molecule has 0 radical (unpaired) electrons. The van der Waals surface area contributed by atoms with Gasteiger partial charge < -0.3 is 5.32 Å². The van der Waals surface area contributed by atoms with Crippen molar-refractivity contribution in [1.29, 1.82) is 0 Å². The van der Waals surface area contributed by atoms with Crippen LogP contribution in [0.2, 0.25) is 0 Å². The zero-order valence-electron chi connectivity index (χ0n) is 12.9. The third-order valence-electron chi connectivity index (χ3n) is 3.54. The van der Waals surface area contributed by atoms with Crippen LogP contribution in [0.25, 0.3) is 11.3 Å². The third kappa shape index (κ3) is 3.31. The molecule has 3 rings (SSSR count). The summed E-state index contributed by atoms with van der Waals surface area (Å²) in [7, 11) is 0. The van der Waals surface area contributed by atoms with E-state index in [1.54, 1.807) is 0 Å². The fourth-order valence-electron chi connectivity index (χ4n) is 2.36. The summed E-state index contributed by atoms with van der Waals surface area (Å²) in [5, 5.41) is 3.36. The number of nitrogens with one attached hydrogen (secondary N) is 1. The summed E-state index contributed by atoms with van der Waals surface area (Å²) in [6, 6.07) is 20.6. The van der Waals surface area contributed by atoms with Crippen molar-refractivity contribution < 1.29 is 0 Å². The summed E-state index contributed by atoms with van der Waals surface area (Å²) >= 11 is 0. The van der Waals surface area contributed by atoms with Crippen LogP contribution in [0.3, 0.4) is 0 Å². The fraction of sp³-hybridized carbons (Fsp3) is 0.158. The molecule has 2 aromatic carbocycles. The number of rotatable bonds is 4. The molecule has 0 unspecified atom stereocenters. The molecule has 3 nitrogen and oxygen atoms in total. The van der Waals surface area contributed by atoms with E-state index < -0.39 is 0 Å². The van der Waals surface area contributed by atoms with Crippen LogP contribution < -0.4 is 5.32 Å². The van der Waals surface area contributed by atoms with Gasteiger partial charge in [-0.2, -0.15) is 0 Å². The minimum absolute atomic E-state index is 0.758. The predicted octanol–water partition coefficient (Wildman–Crippen LogP) is 4.76. The molecule has 0 amide bonds. The molecule has 0 fully saturated rings. The highest BCUT2D eigenvalue weighted by atomic mass is 15.0. The van der Waals surface area contributed by atoms with Crippen LogP contribution in [0.15, 0.2) is 60.7 Å². The number of benzene rings is 2. The van der Waals surface area contributed by atoms with Gasteiger partial charge in [0.05, 0.1) is 5.69 Å². The minimum Gasteiger partial charge on any atom is -0.340 e. The Kier molecular flexibility index (Phi) is 4.15. The van der Waals surface area contributed by atoms with Gasteiger partial charge in [-0.1, -0.05) is 49.4 Å². The molecule has 1 heterocycles. The van der Waals surface area contributed by atoms with E-state index in [9.17, 15) is 0 Å². The van der Waals surface area contributed by atoms with E-state index in [1.165, 1.54) is 5.56 Å². The van der Waals surface area contributed by atoms with Gasteiger partial charge in [-0.05, 0) is 31.0 Å². The highest BCUT2D eigenvalue weighted by Gasteiger charge is 2.04. The molecule has 1 N–H and O–H groups in total. The number of hydrogen-bond donors (Lipinski definition) is 1. The highest BCUT2D eigenvalue weighted by molar-refractivity contribution is 5.65. The summed E-state index contributed by atoms with van der Waals surface area (Å²) in [6.45, 7) is 4.07. The van der Waals surface area contributed by atoms with Gasteiger partial charge in [0.15, 0.2) is 0 Å². The van der Waals surface area contributed by atoms with Gasteiger partial charge in [-0.15, -0.1) is 0 Å². The maximum atomic E-state index is 4.52. The second-order valence-electron chi connectivity index (χ2n) is 5.23. The van der Waals surface area contributed by atoms with Gasteiger partial charge in [0, 0.05) is 17.3 Å². The van der Waals surface area contributed by atoms with Crippen LogP contribution in [0.1, 0.15) is 18.3 Å². The van der Waals surface area contributed by atoms with E-state index in [4.69, 9.17) is 0 Å². The summed E-state index contributed by atoms with van der Waals surface area (Å²) in [5.74, 6) is 1.57. The van der Waals surface area contributed by atoms with Crippen LogP contribution >= 0.6 is 0 Å². The lowest BCUT2D eigenvalue weighted by atomic mass is 10.1. The predicted molar refractivity (Wildman–Crippen MR) is 91.3 cm³/mol. The Morgan fingerprint density at radius 2 is 1.64 bits per heavy atom. The Labute approximate surface area is 131 Å². The molecule has 22 heavy (non-hydrogen) atoms. The van der Waals surface area contributed by atoms with Crippen molar-refractivity contribution in [2.75, 3.05) is 5.32 Å². The Morgan fingerprint density at radius 1 is 0.909 bits per heavy atom. The maximum absolute atomic E-state index is 4.52.